The van der Waals surface area contributed by atoms with Gasteiger partial charge in [0.15, 0.2) is 5.75 Å². The van der Waals surface area contributed by atoms with Crippen LogP contribution in [0.1, 0.15) is 18.1 Å². The minimum absolute atomic E-state index is 0.0822. The molecule has 1 atom stereocenters. The van der Waals surface area contributed by atoms with Crippen molar-refractivity contribution in [2.75, 3.05) is 33.3 Å². The molecule has 1 fully saturated rings. The summed E-state index contributed by atoms with van der Waals surface area (Å²) in [6.07, 6.45) is -2.90. The number of hydrogen-bond donors (Lipinski definition) is 1. The van der Waals surface area contributed by atoms with Gasteiger partial charge in [0.05, 0.1) is 18.2 Å². The van der Waals surface area contributed by atoms with Crippen LogP contribution in [0.5, 0.6) is 17.2 Å². The lowest BCUT2D eigenvalue weighted by molar-refractivity contribution is -0.137. The Morgan fingerprint density at radius 2 is 2.06 bits per heavy atom. The lowest BCUT2D eigenvalue weighted by atomic mass is 10.1. The summed E-state index contributed by atoms with van der Waals surface area (Å²) in [5.74, 6) is 1.67. The van der Waals surface area contributed by atoms with Crippen LogP contribution >= 0.6 is 0 Å². The van der Waals surface area contributed by atoms with E-state index in [-0.39, 0.29) is 23.5 Å². The molecule has 0 aromatic heterocycles. The molecule has 34 heavy (non-hydrogen) atoms. The van der Waals surface area contributed by atoms with E-state index >= 15 is 0 Å². The molecule has 2 heterocycles. The molecule has 1 saturated heterocycles. The molecule has 10 heteroatoms. The van der Waals surface area contributed by atoms with E-state index in [0.29, 0.717) is 49.1 Å². The highest BCUT2D eigenvalue weighted by Gasteiger charge is 2.34. The number of methoxy groups -OCH3 is 1. The number of nitrogens with zero attached hydrogens (tertiary/aromatic N) is 3. The Morgan fingerprint density at radius 3 is 2.74 bits per heavy atom. The second-order valence-corrected chi connectivity index (χ2v) is 8.04. The molecule has 2 amide bonds. The molecule has 180 valence electrons. The van der Waals surface area contributed by atoms with E-state index in [9.17, 15) is 18.0 Å². The van der Waals surface area contributed by atoms with Gasteiger partial charge in [-0.3, -0.25) is 0 Å². The minimum atomic E-state index is -4.51. The zero-order valence-electron chi connectivity index (χ0n) is 18.9. The number of carbonyl (C=O) groups is 1. The zero-order chi connectivity index (χ0) is 24.5. The van der Waals surface area contributed by atoms with Crippen molar-refractivity contribution in [1.82, 2.24) is 15.1 Å². The van der Waals surface area contributed by atoms with Crippen LogP contribution in [0, 0.1) is 0 Å². The second kappa shape index (κ2) is 9.28. The number of halogens is 3. The van der Waals surface area contributed by atoms with Gasteiger partial charge in [-0.05, 0) is 37.3 Å². The second-order valence-electron chi connectivity index (χ2n) is 8.04. The summed E-state index contributed by atoms with van der Waals surface area (Å²) in [6, 6.07) is 8.09. The molecular formula is C24H25F3N4O3. The van der Waals surface area contributed by atoms with E-state index in [2.05, 4.69) is 16.9 Å². The summed E-state index contributed by atoms with van der Waals surface area (Å²) in [6.45, 7) is 7.20. The first-order valence-electron chi connectivity index (χ1n) is 10.8. The summed E-state index contributed by atoms with van der Waals surface area (Å²) in [7, 11) is 1.52. The van der Waals surface area contributed by atoms with Crippen molar-refractivity contribution in [3.63, 3.8) is 0 Å². The Kier molecular flexibility index (Phi) is 6.41. The van der Waals surface area contributed by atoms with E-state index in [4.69, 9.17) is 9.47 Å². The molecule has 2 aromatic rings. The van der Waals surface area contributed by atoms with Gasteiger partial charge in [-0.2, -0.15) is 13.2 Å². The van der Waals surface area contributed by atoms with Crippen LogP contribution in [-0.4, -0.2) is 61.0 Å². The largest absolute Gasteiger partial charge is 0.497 e. The number of aliphatic imine (C=N–C) groups is 1. The highest BCUT2D eigenvalue weighted by atomic mass is 19.4. The summed E-state index contributed by atoms with van der Waals surface area (Å²) in [5, 5.41) is 2.78. The maximum Gasteiger partial charge on any atom is 0.416 e. The summed E-state index contributed by atoms with van der Waals surface area (Å²) in [4.78, 5) is 20.8. The summed E-state index contributed by atoms with van der Waals surface area (Å²) < 4.78 is 51.4. The number of nitrogens with one attached hydrogen (secondary N) is 1. The first-order chi connectivity index (χ1) is 16.2. The fraction of sp³-hybridized carbons (Fsp3) is 0.333. The molecule has 2 aromatic carbocycles. The topological polar surface area (TPSA) is 66.4 Å². The van der Waals surface area contributed by atoms with Crippen molar-refractivity contribution in [3.8, 4) is 17.2 Å². The van der Waals surface area contributed by atoms with Crippen LogP contribution in [0.2, 0.25) is 0 Å². The molecular weight excluding hydrogens is 449 g/mol. The lowest BCUT2D eigenvalue weighted by Gasteiger charge is -2.41. The van der Waals surface area contributed by atoms with Crippen LogP contribution < -0.4 is 14.8 Å². The van der Waals surface area contributed by atoms with E-state index in [1.807, 2.05) is 11.8 Å². The quantitative estimate of drug-likeness (QED) is 0.649. The zero-order valence-corrected chi connectivity index (χ0v) is 18.9. The molecule has 7 nitrogen and oxygen atoms in total. The normalized spacial score (nSPS) is 17.6. The Balaban J connectivity index is 1.72. The van der Waals surface area contributed by atoms with Crippen molar-refractivity contribution < 1.29 is 27.4 Å². The van der Waals surface area contributed by atoms with Gasteiger partial charge in [0.2, 0.25) is 0 Å². The van der Waals surface area contributed by atoms with Gasteiger partial charge in [0.1, 0.15) is 23.0 Å². The van der Waals surface area contributed by atoms with E-state index < -0.39 is 11.7 Å². The molecule has 0 unspecified atom stereocenters. The van der Waals surface area contributed by atoms with Gasteiger partial charge >= 0.3 is 12.2 Å². The number of ether oxygens (including phenoxy) is 2. The molecule has 0 spiro atoms. The minimum Gasteiger partial charge on any atom is -0.497 e. The number of carbonyl (C=O) groups excluding carboxylic acids is 1. The van der Waals surface area contributed by atoms with Crippen molar-refractivity contribution in [2.45, 2.75) is 19.1 Å². The Labute approximate surface area is 195 Å². The number of rotatable bonds is 3. The molecule has 0 aliphatic carbocycles. The van der Waals surface area contributed by atoms with Gasteiger partial charge in [0.25, 0.3) is 0 Å². The van der Waals surface area contributed by atoms with Crippen molar-refractivity contribution in [2.24, 2.45) is 4.99 Å². The molecule has 2 aliphatic heterocycles. The number of fused-ring (bicyclic) bond motifs is 2. The predicted molar refractivity (Wildman–Crippen MR) is 122 cm³/mol. The monoisotopic (exact) mass is 474 g/mol. The number of amides is 2. The van der Waals surface area contributed by atoms with Crippen molar-refractivity contribution >= 4 is 17.6 Å². The molecule has 0 saturated carbocycles. The van der Waals surface area contributed by atoms with Gasteiger partial charge in [0, 0.05) is 38.3 Å². The fourth-order valence-electron chi connectivity index (χ4n) is 4.01. The smallest absolute Gasteiger partial charge is 0.416 e. The first kappa shape index (κ1) is 23.5. The number of urea groups is 1. The summed E-state index contributed by atoms with van der Waals surface area (Å²) >= 11 is 0. The highest BCUT2D eigenvalue weighted by Crippen LogP contribution is 2.42. The standard InChI is InChI=1S/C24H25F3N4O3/c1-4-9-28-23(32)31-11-10-30(14-15(31)2)22-18-7-6-17(33-3)13-21(18)34-20-8-5-16(24(25,26)27)12-19(20)29-22/h4-8,12-13,15H,1,9-11,14H2,2-3H3,(H,28,32)/t15-/m0/s1. The maximum absolute atomic E-state index is 13.4. The maximum atomic E-state index is 13.4. The lowest BCUT2D eigenvalue weighted by Crippen LogP contribution is -2.57. The van der Waals surface area contributed by atoms with Crippen LogP contribution in [0.4, 0.5) is 23.7 Å². The van der Waals surface area contributed by atoms with Crippen LogP contribution in [0.15, 0.2) is 54.0 Å². The number of hydrogen-bond acceptors (Lipinski definition) is 5. The van der Waals surface area contributed by atoms with Gasteiger partial charge in [-0.15, -0.1) is 6.58 Å². The highest BCUT2D eigenvalue weighted by molar-refractivity contribution is 6.04. The number of piperazine rings is 1. The number of alkyl halides is 3. The average molecular weight is 474 g/mol. The number of amidine groups is 1. The van der Waals surface area contributed by atoms with Crippen LogP contribution in [0.25, 0.3) is 0 Å². The average Bonchev–Trinajstić information content (AvgIpc) is 2.97. The van der Waals surface area contributed by atoms with Gasteiger partial charge in [-0.1, -0.05) is 6.08 Å². The Bertz CT molecular complexity index is 1130. The summed E-state index contributed by atoms with van der Waals surface area (Å²) in [5.41, 5.74) is -0.0975. The van der Waals surface area contributed by atoms with E-state index in [1.165, 1.54) is 13.2 Å². The van der Waals surface area contributed by atoms with Crippen molar-refractivity contribution in [1.29, 1.82) is 0 Å². The molecule has 1 N–H and O–H groups in total. The SMILES string of the molecule is C=CCNC(=O)N1CCN(C2=Nc3cc(C(F)(F)F)ccc3Oc3cc(OC)ccc32)C[C@@H]1C. The third-order valence-electron chi connectivity index (χ3n) is 5.75. The van der Waals surface area contributed by atoms with Crippen molar-refractivity contribution in [3.05, 3.63) is 60.2 Å². The molecule has 0 bridgehead atoms. The Morgan fingerprint density at radius 1 is 1.26 bits per heavy atom. The van der Waals surface area contributed by atoms with Gasteiger partial charge < -0.3 is 24.6 Å². The van der Waals surface area contributed by atoms with Crippen LogP contribution in [0.3, 0.4) is 0 Å². The predicted octanol–water partition coefficient (Wildman–Crippen LogP) is 4.80. The van der Waals surface area contributed by atoms with E-state index in [1.54, 1.807) is 29.2 Å². The van der Waals surface area contributed by atoms with Crippen LogP contribution in [-0.2, 0) is 6.18 Å². The fourth-order valence-corrected chi connectivity index (χ4v) is 4.01. The molecule has 0 radical (unpaired) electrons. The third kappa shape index (κ3) is 4.66. The third-order valence-corrected chi connectivity index (χ3v) is 5.75. The number of benzene rings is 2. The Hall–Kier alpha value is -3.69. The molecule has 2 aliphatic rings. The first-order valence-corrected chi connectivity index (χ1v) is 10.8. The van der Waals surface area contributed by atoms with E-state index in [0.717, 1.165) is 12.1 Å². The molecule has 4 rings (SSSR count). The van der Waals surface area contributed by atoms with Gasteiger partial charge in [-0.25, -0.2) is 9.79 Å².